The van der Waals surface area contributed by atoms with E-state index < -0.39 is 33.0 Å². The Bertz CT molecular complexity index is 1300. The Morgan fingerprint density at radius 3 is 2.67 bits per heavy atom. The number of hydrogen-bond donors (Lipinski definition) is 0. The SMILES string of the molecule is O=C(c1cc(=O)c2cc(Br)ccc2o1)N(Cc1ccccc1F)[C@@H]1CCS(=O)(=O)C1. The zero-order valence-electron chi connectivity index (χ0n) is 15.7. The van der Waals surface area contributed by atoms with Gasteiger partial charge in [-0.15, -0.1) is 0 Å². The molecule has 156 valence electrons. The third kappa shape index (κ3) is 4.17. The van der Waals surface area contributed by atoms with Crippen molar-refractivity contribution in [3.8, 4) is 0 Å². The molecule has 3 aromatic rings. The minimum atomic E-state index is -3.29. The predicted octanol–water partition coefficient (Wildman–Crippen LogP) is 3.52. The number of sulfone groups is 1. The minimum Gasteiger partial charge on any atom is -0.451 e. The normalized spacial score (nSPS) is 17.9. The first-order chi connectivity index (χ1) is 14.2. The standard InChI is InChI=1S/C21H17BrFNO5S/c22-14-5-6-19-16(9-14)18(25)10-20(29-19)21(26)24(15-7-8-30(27,28)12-15)11-13-3-1-2-4-17(13)23/h1-6,9-10,15H,7-8,11-12H2/t15-/m1/s1. The number of nitrogens with zero attached hydrogens (tertiary/aromatic N) is 1. The van der Waals surface area contributed by atoms with Gasteiger partial charge in [0.2, 0.25) is 0 Å². The molecule has 0 N–H and O–H groups in total. The molecular formula is C21H17BrFNO5S. The van der Waals surface area contributed by atoms with Crippen molar-refractivity contribution >= 4 is 42.6 Å². The lowest BCUT2D eigenvalue weighted by Gasteiger charge is -2.28. The number of fused-ring (bicyclic) bond motifs is 1. The molecule has 0 spiro atoms. The molecule has 0 bridgehead atoms. The Morgan fingerprint density at radius 1 is 1.20 bits per heavy atom. The molecule has 1 atom stereocenters. The zero-order chi connectivity index (χ0) is 21.5. The molecule has 2 heterocycles. The van der Waals surface area contributed by atoms with Gasteiger partial charge in [0.25, 0.3) is 5.91 Å². The van der Waals surface area contributed by atoms with Gasteiger partial charge in [0, 0.05) is 28.7 Å². The van der Waals surface area contributed by atoms with Gasteiger partial charge in [-0.2, -0.15) is 0 Å². The molecule has 1 saturated heterocycles. The molecule has 4 rings (SSSR count). The lowest BCUT2D eigenvalue weighted by atomic mass is 10.1. The summed E-state index contributed by atoms with van der Waals surface area (Å²) in [6.45, 7) is -0.131. The van der Waals surface area contributed by atoms with E-state index in [0.717, 1.165) is 6.07 Å². The third-order valence-electron chi connectivity index (χ3n) is 5.11. The van der Waals surface area contributed by atoms with Crippen molar-refractivity contribution in [3.63, 3.8) is 0 Å². The third-order valence-corrected chi connectivity index (χ3v) is 7.35. The second kappa shape index (κ2) is 7.96. The van der Waals surface area contributed by atoms with Crippen molar-refractivity contribution in [2.45, 2.75) is 19.0 Å². The molecule has 0 radical (unpaired) electrons. The van der Waals surface area contributed by atoms with Crippen LogP contribution in [0.3, 0.4) is 0 Å². The molecule has 1 amide bonds. The van der Waals surface area contributed by atoms with Gasteiger partial charge in [-0.3, -0.25) is 9.59 Å². The van der Waals surface area contributed by atoms with Crippen molar-refractivity contribution < 1.29 is 22.0 Å². The second-order valence-electron chi connectivity index (χ2n) is 7.20. The number of carbonyl (C=O) groups is 1. The predicted molar refractivity (Wildman–Crippen MR) is 114 cm³/mol. The van der Waals surface area contributed by atoms with E-state index in [1.807, 2.05) is 0 Å². The molecule has 6 nitrogen and oxygen atoms in total. The largest absolute Gasteiger partial charge is 0.451 e. The lowest BCUT2D eigenvalue weighted by molar-refractivity contribution is 0.0646. The zero-order valence-corrected chi connectivity index (χ0v) is 18.1. The van der Waals surface area contributed by atoms with Crippen molar-refractivity contribution in [2.24, 2.45) is 0 Å². The van der Waals surface area contributed by atoms with Gasteiger partial charge in [0.15, 0.2) is 21.0 Å². The minimum absolute atomic E-state index is 0.0472. The number of benzene rings is 2. The van der Waals surface area contributed by atoms with Gasteiger partial charge in [-0.1, -0.05) is 34.1 Å². The summed E-state index contributed by atoms with van der Waals surface area (Å²) in [7, 11) is -3.29. The summed E-state index contributed by atoms with van der Waals surface area (Å²) in [5.74, 6) is -1.62. The van der Waals surface area contributed by atoms with Gasteiger partial charge in [0.1, 0.15) is 11.4 Å². The van der Waals surface area contributed by atoms with Crippen LogP contribution in [0, 0.1) is 5.82 Å². The van der Waals surface area contributed by atoms with Gasteiger partial charge in [-0.05, 0) is 30.7 Å². The first kappa shape index (κ1) is 20.7. The molecule has 0 aliphatic carbocycles. The fourth-order valence-electron chi connectivity index (χ4n) is 3.57. The van der Waals surface area contributed by atoms with E-state index >= 15 is 0 Å². The Balaban J connectivity index is 1.75. The lowest BCUT2D eigenvalue weighted by Crippen LogP contribution is -2.41. The summed E-state index contributed by atoms with van der Waals surface area (Å²) in [6, 6.07) is 11.3. The van der Waals surface area contributed by atoms with Crippen LogP contribution in [0.25, 0.3) is 11.0 Å². The van der Waals surface area contributed by atoms with E-state index in [-0.39, 0.29) is 41.4 Å². The highest BCUT2D eigenvalue weighted by Crippen LogP contribution is 2.24. The molecule has 0 saturated carbocycles. The number of rotatable bonds is 4. The average Bonchev–Trinajstić information content (AvgIpc) is 3.06. The first-order valence-corrected chi connectivity index (χ1v) is 11.8. The van der Waals surface area contributed by atoms with Crippen molar-refractivity contribution in [1.29, 1.82) is 0 Å². The highest BCUT2D eigenvalue weighted by atomic mass is 79.9. The average molecular weight is 494 g/mol. The molecule has 1 aliphatic rings. The Kier molecular flexibility index (Phi) is 5.50. The summed E-state index contributed by atoms with van der Waals surface area (Å²) in [6.07, 6.45) is 0.243. The summed E-state index contributed by atoms with van der Waals surface area (Å²) in [5, 5.41) is 0.310. The first-order valence-electron chi connectivity index (χ1n) is 9.22. The quantitative estimate of drug-likeness (QED) is 0.554. The molecule has 0 unspecified atom stereocenters. The molecule has 30 heavy (non-hydrogen) atoms. The smallest absolute Gasteiger partial charge is 0.290 e. The molecular weight excluding hydrogens is 477 g/mol. The summed E-state index contributed by atoms with van der Waals surface area (Å²) < 4.78 is 44.6. The van der Waals surface area contributed by atoms with Gasteiger partial charge in [-0.25, -0.2) is 12.8 Å². The monoisotopic (exact) mass is 493 g/mol. The van der Waals surface area contributed by atoms with Gasteiger partial charge < -0.3 is 9.32 Å². The number of halogens is 2. The van der Waals surface area contributed by atoms with Crippen LogP contribution in [0.1, 0.15) is 22.5 Å². The van der Waals surface area contributed by atoms with E-state index in [0.29, 0.717) is 9.86 Å². The number of amides is 1. The number of carbonyl (C=O) groups excluding carboxylic acids is 1. The highest BCUT2D eigenvalue weighted by molar-refractivity contribution is 9.10. The van der Waals surface area contributed by atoms with Crippen LogP contribution in [0.5, 0.6) is 0 Å². The van der Waals surface area contributed by atoms with E-state index in [9.17, 15) is 22.4 Å². The topological polar surface area (TPSA) is 84.7 Å². The van der Waals surface area contributed by atoms with E-state index in [1.165, 1.54) is 23.1 Å². The maximum absolute atomic E-state index is 14.2. The fraction of sp³-hybridized carbons (Fsp3) is 0.238. The fourth-order valence-corrected chi connectivity index (χ4v) is 5.67. The Morgan fingerprint density at radius 2 is 1.97 bits per heavy atom. The Hall–Kier alpha value is -2.52. The maximum atomic E-state index is 14.2. The van der Waals surface area contributed by atoms with Gasteiger partial charge >= 0.3 is 0 Å². The number of hydrogen-bond acceptors (Lipinski definition) is 5. The molecule has 1 fully saturated rings. The van der Waals surface area contributed by atoms with Crippen LogP contribution >= 0.6 is 15.9 Å². The summed E-state index contributed by atoms with van der Waals surface area (Å²) in [4.78, 5) is 27.1. The van der Waals surface area contributed by atoms with E-state index in [1.54, 1.807) is 24.3 Å². The molecule has 9 heteroatoms. The second-order valence-corrected chi connectivity index (χ2v) is 10.3. The Labute approximate surface area is 180 Å². The van der Waals surface area contributed by atoms with E-state index in [2.05, 4.69) is 15.9 Å². The molecule has 2 aromatic carbocycles. The van der Waals surface area contributed by atoms with Crippen LogP contribution < -0.4 is 5.43 Å². The van der Waals surface area contributed by atoms with Crippen LogP contribution in [-0.4, -0.2) is 36.8 Å². The molecule has 1 aliphatic heterocycles. The van der Waals surface area contributed by atoms with Gasteiger partial charge in [0.05, 0.1) is 16.9 Å². The van der Waals surface area contributed by atoms with Crippen molar-refractivity contribution in [1.82, 2.24) is 4.90 Å². The van der Waals surface area contributed by atoms with E-state index in [4.69, 9.17) is 4.42 Å². The maximum Gasteiger partial charge on any atom is 0.290 e. The highest BCUT2D eigenvalue weighted by Gasteiger charge is 2.36. The van der Waals surface area contributed by atoms with Crippen LogP contribution in [0.4, 0.5) is 4.39 Å². The van der Waals surface area contributed by atoms with Crippen LogP contribution in [0.15, 0.2) is 62.2 Å². The van der Waals surface area contributed by atoms with Crippen molar-refractivity contribution in [3.05, 3.63) is 80.4 Å². The van der Waals surface area contributed by atoms with Crippen LogP contribution in [-0.2, 0) is 16.4 Å². The summed E-state index contributed by atoms with van der Waals surface area (Å²) >= 11 is 3.29. The molecule has 1 aromatic heterocycles. The van der Waals surface area contributed by atoms with Crippen LogP contribution in [0.2, 0.25) is 0 Å². The van der Waals surface area contributed by atoms with Crippen molar-refractivity contribution in [2.75, 3.05) is 11.5 Å². The summed E-state index contributed by atoms with van der Waals surface area (Å²) in [5.41, 5.74) is 0.0898.